The summed E-state index contributed by atoms with van der Waals surface area (Å²) in [6.45, 7) is 3.06. The number of amides is 1. The number of imidazole rings is 1. The first-order valence-corrected chi connectivity index (χ1v) is 9.16. The Morgan fingerprint density at radius 3 is 2.88 bits per heavy atom. The molecule has 2 unspecified atom stereocenters. The van der Waals surface area contributed by atoms with Crippen molar-refractivity contribution in [3.63, 3.8) is 0 Å². The summed E-state index contributed by atoms with van der Waals surface area (Å²) >= 11 is 0. The molecule has 132 valence electrons. The number of para-hydroxylation sites is 2. The van der Waals surface area contributed by atoms with Gasteiger partial charge in [-0.05, 0) is 56.6 Å². The highest BCUT2D eigenvalue weighted by Gasteiger charge is 2.46. The normalized spacial score (nSPS) is 24.7. The zero-order valence-electron chi connectivity index (χ0n) is 14.6. The Morgan fingerprint density at radius 2 is 2.00 bits per heavy atom. The molecule has 3 aromatic rings. The average Bonchev–Trinajstić information content (AvgIpc) is 3.24. The summed E-state index contributed by atoms with van der Waals surface area (Å²) in [6, 6.07) is 11.8. The number of aromatic nitrogens is 3. The zero-order valence-corrected chi connectivity index (χ0v) is 14.6. The van der Waals surface area contributed by atoms with Gasteiger partial charge in [-0.2, -0.15) is 0 Å². The molecule has 2 saturated heterocycles. The van der Waals surface area contributed by atoms with Crippen LogP contribution < -0.4 is 5.32 Å². The quantitative estimate of drug-likeness (QED) is 0.791. The van der Waals surface area contributed by atoms with Crippen LogP contribution in [0.5, 0.6) is 0 Å². The van der Waals surface area contributed by atoms with Crippen LogP contribution in [0, 0.1) is 5.41 Å². The van der Waals surface area contributed by atoms with E-state index in [1.165, 1.54) is 0 Å². The Hall–Kier alpha value is -2.73. The van der Waals surface area contributed by atoms with Crippen molar-refractivity contribution in [2.24, 2.45) is 5.41 Å². The van der Waals surface area contributed by atoms with Crippen molar-refractivity contribution >= 4 is 22.6 Å². The molecular weight excluding hydrogens is 326 g/mol. The zero-order chi connectivity index (χ0) is 17.6. The van der Waals surface area contributed by atoms with Gasteiger partial charge in [-0.25, -0.2) is 9.97 Å². The molecule has 2 atom stereocenters. The van der Waals surface area contributed by atoms with Crippen molar-refractivity contribution in [1.82, 2.24) is 19.4 Å². The summed E-state index contributed by atoms with van der Waals surface area (Å²) in [6.07, 6.45) is 6.57. The molecule has 2 aromatic heterocycles. The minimum absolute atomic E-state index is 0.141. The number of carbonyl (C=O) groups is 1. The number of carbonyl (C=O) groups excluding carboxylic acids is 1. The van der Waals surface area contributed by atoms with Crippen LogP contribution >= 0.6 is 0 Å². The van der Waals surface area contributed by atoms with Crippen LogP contribution in [-0.4, -0.2) is 45.0 Å². The largest absolute Gasteiger partial charge is 0.324 e. The van der Waals surface area contributed by atoms with E-state index < -0.39 is 0 Å². The first kappa shape index (κ1) is 15.5. The van der Waals surface area contributed by atoms with E-state index in [1.807, 2.05) is 41.0 Å². The Balaban J connectivity index is 1.36. The molecular formula is C20H21N5O. The molecule has 2 aliphatic heterocycles. The number of nitrogens with one attached hydrogen (secondary N) is 1. The summed E-state index contributed by atoms with van der Waals surface area (Å²) in [4.78, 5) is 24.2. The number of benzene rings is 1. The summed E-state index contributed by atoms with van der Waals surface area (Å²) < 4.78 is 1.95. The minimum atomic E-state index is -0.211. The van der Waals surface area contributed by atoms with Gasteiger partial charge < -0.3 is 10.2 Å². The van der Waals surface area contributed by atoms with Crippen LogP contribution in [0.3, 0.4) is 0 Å². The molecule has 4 heterocycles. The standard InChI is InChI=1S/C20H21N5O/c26-19(20-8-3-10-24(13-20)11-9-20)23-15-6-7-18(21-12-15)25-14-22-16-4-1-2-5-17(16)25/h1-2,4-7,12,14H,3,8-11,13H2,(H,23,26). The molecule has 6 nitrogen and oxygen atoms in total. The molecule has 0 saturated carbocycles. The molecule has 0 aliphatic carbocycles. The van der Waals surface area contributed by atoms with Gasteiger partial charge in [-0.3, -0.25) is 9.36 Å². The van der Waals surface area contributed by atoms with E-state index in [2.05, 4.69) is 20.2 Å². The lowest BCUT2D eigenvalue weighted by molar-refractivity contribution is -0.126. The van der Waals surface area contributed by atoms with Gasteiger partial charge in [0.2, 0.25) is 5.91 Å². The van der Waals surface area contributed by atoms with Gasteiger partial charge in [0.15, 0.2) is 0 Å². The Morgan fingerprint density at radius 1 is 1.08 bits per heavy atom. The fourth-order valence-electron chi connectivity index (χ4n) is 4.30. The summed E-state index contributed by atoms with van der Waals surface area (Å²) in [5, 5.41) is 3.09. The highest BCUT2D eigenvalue weighted by Crippen LogP contribution is 2.40. The molecule has 5 rings (SSSR count). The molecule has 2 fully saturated rings. The Labute approximate surface area is 151 Å². The number of piperidine rings is 1. The van der Waals surface area contributed by atoms with Crippen LogP contribution in [0.2, 0.25) is 0 Å². The monoisotopic (exact) mass is 347 g/mol. The molecule has 2 bridgehead atoms. The SMILES string of the molecule is O=C(Nc1ccc(-n2cnc3ccccc32)nc1)C12CCCN(CC1)C2. The number of hydrogen-bond donors (Lipinski definition) is 1. The van der Waals surface area contributed by atoms with Crippen LogP contribution in [0.25, 0.3) is 16.9 Å². The van der Waals surface area contributed by atoms with Gasteiger partial charge >= 0.3 is 0 Å². The third-order valence-electron chi connectivity index (χ3n) is 5.75. The molecule has 0 spiro atoms. The summed E-state index contributed by atoms with van der Waals surface area (Å²) in [5.41, 5.74) is 2.50. The van der Waals surface area contributed by atoms with Gasteiger partial charge in [0.25, 0.3) is 0 Å². The lowest BCUT2D eigenvalue weighted by atomic mass is 9.80. The molecule has 1 aromatic carbocycles. The van der Waals surface area contributed by atoms with Crippen LogP contribution in [0.4, 0.5) is 5.69 Å². The predicted molar refractivity (Wildman–Crippen MR) is 100 cm³/mol. The van der Waals surface area contributed by atoms with Crippen molar-refractivity contribution < 1.29 is 4.79 Å². The highest BCUT2D eigenvalue weighted by molar-refractivity contribution is 5.95. The van der Waals surface area contributed by atoms with E-state index in [9.17, 15) is 4.79 Å². The Kier molecular flexibility index (Phi) is 3.53. The second-order valence-corrected chi connectivity index (χ2v) is 7.37. The number of nitrogens with zero attached hydrogens (tertiary/aromatic N) is 4. The number of pyridine rings is 1. The van der Waals surface area contributed by atoms with E-state index in [1.54, 1.807) is 12.5 Å². The van der Waals surface area contributed by atoms with Gasteiger partial charge in [0.05, 0.1) is 28.3 Å². The predicted octanol–water partition coefficient (Wildman–Crippen LogP) is 2.84. The minimum Gasteiger partial charge on any atom is -0.324 e. The molecule has 1 amide bonds. The van der Waals surface area contributed by atoms with Crippen molar-refractivity contribution in [3.8, 4) is 5.82 Å². The maximum Gasteiger partial charge on any atom is 0.231 e. The van der Waals surface area contributed by atoms with Gasteiger partial charge in [-0.1, -0.05) is 12.1 Å². The number of rotatable bonds is 3. The molecule has 26 heavy (non-hydrogen) atoms. The van der Waals surface area contributed by atoms with Crippen LogP contribution in [0.1, 0.15) is 19.3 Å². The fraction of sp³-hybridized carbons (Fsp3) is 0.350. The molecule has 6 heteroatoms. The smallest absolute Gasteiger partial charge is 0.231 e. The number of anilines is 1. The van der Waals surface area contributed by atoms with E-state index in [0.717, 1.165) is 61.4 Å². The Bertz CT molecular complexity index is 960. The summed E-state index contributed by atoms with van der Waals surface area (Å²) in [7, 11) is 0. The fourth-order valence-corrected chi connectivity index (χ4v) is 4.30. The van der Waals surface area contributed by atoms with E-state index in [4.69, 9.17) is 0 Å². The first-order valence-electron chi connectivity index (χ1n) is 9.16. The van der Waals surface area contributed by atoms with E-state index >= 15 is 0 Å². The third kappa shape index (κ3) is 2.49. The van der Waals surface area contributed by atoms with Gasteiger partial charge in [0.1, 0.15) is 12.1 Å². The molecule has 0 radical (unpaired) electrons. The van der Waals surface area contributed by atoms with Gasteiger partial charge in [0, 0.05) is 6.54 Å². The highest BCUT2D eigenvalue weighted by atomic mass is 16.2. The molecule has 1 N–H and O–H groups in total. The van der Waals surface area contributed by atoms with E-state index in [-0.39, 0.29) is 11.3 Å². The summed E-state index contributed by atoms with van der Waals surface area (Å²) in [5.74, 6) is 0.932. The lowest BCUT2D eigenvalue weighted by Gasteiger charge is -2.32. The van der Waals surface area contributed by atoms with Crippen molar-refractivity contribution in [3.05, 3.63) is 48.9 Å². The first-order chi connectivity index (χ1) is 12.7. The molecule has 2 aliphatic rings. The van der Waals surface area contributed by atoms with Gasteiger partial charge in [-0.15, -0.1) is 0 Å². The number of fused-ring (bicyclic) bond motifs is 3. The third-order valence-corrected chi connectivity index (χ3v) is 5.75. The maximum absolute atomic E-state index is 12.9. The maximum atomic E-state index is 12.9. The van der Waals surface area contributed by atoms with Crippen LogP contribution in [0.15, 0.2) is 48.9 Å². The van der Waals surface area contributed by atoms with Crippen molar-refractivity contribution in [1.29, 1.82) is 0 Å². The number of hydrogen-bond acceptors (Lipinski definition) is 4. The average molecular weight is 347 g/mol. The van der Waals surface area contributed by atoms with E-state index in [0.29, 0.717) is 0 Å². The van der Waals surface area contributed by atoms with Crippen molar-refractivity contribution in [2.75, 3.05) is 25.0 Å². The lowest BCUT2D eigenvalue weighted by Crippen LogP contribution is -2.42. The second kappa shape index (κ2) is 5.92. The van der Waals surface area contributed by atoms with Crippen LogP contribution in [-0.2, 0) is 4.79 Å². The topological polar surface area (TPSA) is 63.1 Å². The van der Waals surface area contributed by atoms with Crippen molar-refractivity contribution in [2.45, 2.75) is 19.3 Å². The second-order valence-electron chi connectivity index (χ2n) is 7.37.